The van der Waals surface area contributed by atoms with Gasteiger partial charge in [-0.2, -0.15) is 0 Å². The number of allylic oxidation sites excluding steroid dienone is 1. The van der Waals surface area contributed by atoms with Gasteiger partial charge in [0.25, 0.3) is 0 Å². The third-order valence-electron chi connectivity index (χ3n) is 1.05. The number of hydrogen-bond donors (Lipinski definition) is 1. The molecule has 0 aromatic carbocycles. The Balaban J connectivity index is 2.48. The van der Waals surface area contributed by atoms with Crippen LogP contribution in [0.2, 0.25) is 0 Å². The van der Waals surface area contributed by atoms with Crippen LogP contribution >= 0.6 is 11.6 Å². The average Bonchev–Trinajstić information content (AvgIpc) is 1.79. The number of amides is 1. The zero-order valence-electron chi connectivity index (χ0n) is 4.28. The molecule has 1 aliphatic rings. The molecule has 1 heterocycles. The lowest BCUT2D eigenvalue weighted by Gasteiger charge is -2.16. The summed E-state index contributed by atoms with van der Waals surface area (Å²) in [6.07, 6.45) is 1.72. The first-order valence-corrected chi connectivity index (χ1v) is 2.91. The van der Waals surface area contributed by atoms with Gasteiger partial charge in [0, 0.05) is 18.0 Å². The number of alkyl halides is 1. The summed E-state index contributed by atoms with van der Waals surface area (Å²) in [6, 6.07) is 0. The smallest absolute Gasteiger partial charge is 0.248 e. The van der Waals surface area contributed by atoms with Gasteiger partial charge in [-0.1, -0.05) is 6.08 Å². The summed E-state index contributed by atoms with van der Waals surface area (Å²) in [5.74, 6) is 0.452. The molecule has 1 N–H and O–H groups in total. The minimum absolute atomic E-state index is 0.0191. The van der Waals surface area contributed by atoms with Crippen molar-refractivity contribution in [3.05, 3.63) is 11.6 Å². The largest absolute Gasteiger partial charge is 0.348 e. The first-order chi connectivity index (χ1) is 3.84. The molecule has 0 bridgehead atoms. The highest BCUT2D eigenvalue weighted by Crippen LogP contribution is 2.02. The van der Waals surface area contributed by atoms with Crippen LogP contribution in [0.3, 0.4) is 0 Å². The summed E-state index contributed by atoms with van der Waals surface area (Å²) in [5, 5.41) is 2.58. The van der Waals surface area contributed by atoms with Crippen molar-refractivity contribution in [2.24, 2.45) is 0 Å². The summed E-state index contributed by atoms with van der Waals surface area (Å²) < 4.78 is 0. The van der Waals surface area contributed by atoms with Crippen molar-refractivity contribution < 1.29 is 4.79 Å². The first-order valence-electron chi connectivity index (χ1n) is 2.38. The maximum atomic E-state index is 10.4. The molecule has 2 nitrogen and oxygen atoms in total. The van der Waals surface area contributed by atoms with Crippen molar-refractivity contribution >= 4 is 17.5 Å². The van der Waals surface area contributed by atoms with Gasteiger partial charge in [-0.25, -0.2) is 0 Å². The molecule has 1 aliphatic heterocycles. The van der Waals surface area contributed by atoms with E-state index in [4.69, 9.17) is 11.6 Å². The number of carbonyl (C=O) groups is 1. The fraction of sp³-hybridized carbons (Fsp3) is 0.400. The second-order valence-corrected chi connectivity index (χ2v) is 1.87. The Kier molecular flexibility index (Phi) is 1.53. The van der Waals surface area contributed by atoms with Gasteiger partial charge in [0.2, 0.25) is 5.91 Å². The number of nitrogens with one attached hydrogen (secondary N) is 1. The van der Waals surface area contributed by atoms with E-state index in [9.17, 15) is 4.79 Å². The summed E-state index contributed by atoms with van der Waals surface area (Å²) in [6.45, 7) is 0.686. The van der Waals surface area contributed by atoms with E-state index in [1.807, 2.05) is 0 Å². The number of carbonyl (C=O) groups excluding carboxylic acids is 1. The minimum Gasteiger partial charge on any atom is -0.348 e. The lowest BCUT2D eigenvalue weighted by molar-refractivity contribution is -0.120. The normalized spacial score (nSPS) is 22.6. The molecule has 3 heteroatoms. The maximum Gasteiger partial charge on any atom is 0.248 e. The third kappa shape index (κ3) is 0.842. The Bertz CT molecular complexity index is 141. The molecule has 0 atom stereocenters. The van der Waals surface area contributed by atoms with Crippen molar-refractivity contribution in [3.8, 4) is 0 Å². The topological polar surface area (TPSA) is 29.1 Å². The lowest BCUT2D eigenvalue weighted by atomic mass is 10.1. The van der Waals surface area contributed by atoms with Crippen LogP contribution in [0.5, 0.6) is 0 Å². The van der Waals surface area contributed by atoms with Crippen molar-refractivity contribution in [3.63, 3.8) is 0 Å². The number of hydrogen-bond acceptors (Lipinski definition) is 1. The zero-order valence-corrected chi connectivity index (χ0v) is 5.03. The molecule has 0 saturated carbocycles. The molecule has 0 aromatic rings. The predicted octanol–water partition coefficient (Wildman–Crippen LogP) is 0.281. The highest BCUT2D eigenvalue weighted by Gasteiger charge is 2.17. The molecular formula is C5H6ClNO. The lowest BCUT2D eigenvalue weighted by Crippen LogP contribution is -2.40. The molecule has 1 amide bonds. The molecule has 0 aromatic heterocycles. The molecule has 0 unspecified atom stereocenters. The molecule has 44 valence electrons. The molecule has 0 spiro atoms. The quantitative estimate of drug-likeness (QED) is 0.309. The highest BCUT2D eigenvalue weighted by molar-refractivity contribution is 6.19. The molecular weight excluding hydrogens is 126 g/mol. The number of β-lactam (4-membered cyclic amide) rings is 1. The molecule has 8 heavy (non-hydrogen) atoms. The van der Waals surface area contributed by atoms with Crippen LogP contribution in [-0.2, 0) is 4.79 Å². The maximum absolute atomic E-state index is 10.4. The summed E-state index contributed by atoms with van der Waals surface area (Å²) >= 11 is 5.32. The Morgan fingerprint density at radius 2 is 2.62 bits per heavy atom. The molecule has 0 radical (unpaired) electrons. The second kappa shape index (κ2) is 2.18. The van der Waals surface area contributed by atoms with Crippen LogP contribution in [-0.4, -0.2) is 18.3 Å². The van der Waals surface area contributed by atoms with Gasteiger partial charge >= 0.3 is 0 Å². The standard InChI is InChI=1S/C5H6ClNO/c6-2-1-4-3-7-5(4)8/h1H,2-3H2,(H,7,8)/b4-1+. The van der Waals surface area contributed by atoms with Crippen LogP contribution in [0.4, 0.5) is 0 Å². The van der Waals surface area contributed by atoms with Gasteiger partial charge in [0.1, 0.15) is 0 Å². The van der Waals surface area contributed by atoms with E-state index in [0.29, 0.717) is 12.4 Å². The minimum atomic E-state index is 0.0191. The highest BCUT2D eigenvalue weighted by atomic mass is 35.5. The van der Waals surface area contributed by atoms with Gasteiger partial charge in [-0.3, -0.25) is 4.79 Å². The van der Waals surface area contributed by atoms with E-state index in [2.05, 4.69) is 5.32 Å². The van der Waals surface area contributed by atoms with E-state index in [-0.39, 0.29) is 5.91 Å². The fourth-order valence-electron chi connectivity index (χ4n) is 0.521. The van der Waals surface area contributed by atoms with E-state index in [1.54, 1.807) is 6.08 Å². The van der Waals surface area contributed by atoms with E-state index < -0.39 is 0 Å². The third-order valence-corrected chi connectivity index (χ3v) is 1.21. The van der Waals surface area contributed by atoms with Gasteiger partial charge < -0.3 is 5.32 Å². The van der Waals surface area contributed by atoms with E-state index >= 15 is 0 Å². The second-order valence-electron chi connectivity index (χ2n) is 1.57. The van der Waals surface area contributed by atoms with Gasteiger partial charge in [0.05, 0.1) is 0 Å². The van der Waals surface area contributed by atoms with E-state index in [1.165, 1.54) is 0 Å². The van der Waals surface area contributed by atoms with Gasteiger partial charge in [-0.15, -0.1) is 11.6 Å². The van der Waals surface area contributed by atoms with Crippen LogP contribution in [0.1, 0.15) is 0 Å². The van der Waals surface area contributed by atoms with Crippen molar-refractivity contribution in [2.45, 2.75) is 0 Å². The molecule has 1 rings (SSSR count). The van der Waals surface area contributed by atoms with Crippen molar-refractivity contribution in [1.29, 1.82) is 0 Å². The molecule has 1 saturated heterocycles. The summed E-state index contributed by atoms with van der Waals surface area (Å²) in [5.41, 5.74) is 0.806. The van der Waals surface area contributed by atoms with Crippen LogP contribution in [0.15, 0.2) is 11.6 Å². The Hall–Kier alpha value is -0.500. The summed E-state index contributed by atoms with van der Waals surface area (Å²) in [7, 11) is 0. The SMILES string of the molecule is O=C1NC/C1=C\CCl. The Labute approximate surface area is 52.5 Å². The number of halogens is 1. The molecule has 0 aliphatic carbocycles. The zero-order chi connectivity index (χ0) is 5.98. The van der Waals surface area contributed by atoms with Gasteiger partial charge in [-0.05, 0) is 0 Å². The van der Waals surface area contributed by atoms with Crippen LogP contribution in [0, 0.1) is 0 Å². The molecule has 1 fully saturated rings. The number of rotatable bonds is 1. The van der Waals surface area contributed by atoms with Crippen molar-refractivity contribution in [1.82, 2.24) is 5.32 Å². The van der Waals surface area contributed by atoms with Crippen molar-refractivity contribution in [2.75, 3.05) is 12.4 Å². The Morgan fingerprint density at radius 3 is 2.75 bits per heavy atom. The fourth-order valence-corrected chi connectivity index (χ4v) is 0.707. The summed E-state index contributed by atoms with van der Waals surface area (Å²) in [4.78, 5) is 10.4. The Morgan fingerprint density at radius 1 is 1.88 bits per heavy atom. The van der Waals surface area contributed by atoms with Gasteiger partial charge in [0.15, 0.2) is 0 Å². The van der Waals surface area contributed by atoms with E-state index in [0.717, 1.165) is 5.57 Å². The monoisotopic (exact) mass is 131 g/mol. The predicted molar refractivity (Wildman–Crippen MR) is 31.8 cm³/mol. The first kappa shape index (κ1) is 5.63. The van der Waals surface area contributed by atoms with Crippen LogP contribution in [0.25, 0.3) is 0 Å². The van der Waals surface area contributed by atoms with Crippen LogP contribution < -0.4 is 5.32 Å². The average molecular weight is 132 g/mol.